The lowest BCUT2D eigenvalue weighted by Gasteiger charge is -2.18. The summed E-state index contributed by atoms with van der Waals surface area (Å²) in [6.07, 6.45) is 12.3. The van der Waals surface area contributed by atoms with E-state index in [0.29, 0.717) is 52.5 Å². The Morgan fingerprint density at radius 3 is 2.89 bits per heavy atom. The maximum absolute atomic E-state index is 12.1. The number of alkyl carbamates (subject to hydrolysis) is 1. The van der Waals surface area contributed by atoms with E-state index >= 15 is 0 Å². The van der Waals surface area contributed by atoms with Gasteiger partial charge in [-0.1, -0.05) is 41.8 Å². The molecule has 0 saturated carbocycles. The summed E-state index contributed by atoms with van der Waals surface area (Å²) in [4.78, 5) is 25.1. The van der Waals surface area contributed by atoms with Crippen LogP contribution in [0.4, 0.5) is 33.6 Å². The SMILES string of the molecule is Nc1ccccc1Nc1nc(Nc2ccnc(C#CCCNC(=O)OC3CC/C=C\CCC3)c2)ncc1Cl. The number of hydrogen-bond acceptors (Lipinski definition) is 8. The predicted octanol–water partition coefficient (Wildman–Crippen LogP) is 5.95. The van der Waals surface area contributed by atoms with Crippen LogP contribution in [0.15, 0.2) is 60.9 Å². The number of para-hydroxylation sites is 2. The molecule has 9 nitrogen and oxygen atoms in total. The number of halogens is 1. The second kappa shape index (κ2) is 13.9. The molecular weight excluding hydrogens is 502 g/mol. The number of carbonyl (C=O) groups excluding carboxylic acids is 1. The number of allylic oxidation sites excluding steroid dienone is 2. The Bertz CT molecular complexity index is 1340. The van der Waals surface area contributed by atoms with E-state index in [4.69, 9.17) is 22.1 Å². The molecule has 0 radical (unpaired) electrons. The highest BCUT2D eigenvalue weighted by molar-refractivity contribution is 6.33. The maximum atomic E-state index is 12.1. The lowest BCUT2D eigenvalue weighted by Crippen LogP contribution is -2.29. The topological polar surface area (TPSA) is 127 Å². The summed E-state index contributed by atoms with van der Waals surface area (Å²) in [5.41, 5.74) is 8.57. The fourth-order valence-electron chi connectivity index (χ4n) is 3.78. The monoisotopic (exact) mass is 531 g/mol. The smallest absolute Gasteiger partial charge is 0.407 e. The minimum Gasteiger partial charge on any atom is -0.446 e. The second-order valence-corrected chi connectivity index (χ2v) is 9.05. The van der Waals surface area contributed by atoms with Gasteiger partial charge in [-0.05, 0) is 62.3 Å². The van der Waals surface area contributed by atoms with Gasteiger partial charge in [-0.2, -0.15) is 4.98 Å². The first-order chi connectivity index (χ1) is 18.6. The van der Waals surface area contributed by atoms with Crippen LogP contribution >= 0.6 is 11.6 Å². The van der Waals surface area contributed by atoms with Crippen molar-refractivity contribution in [1.29, 1.82) is 0 Å². The van der Waals surface area contributed by atoms with Crippen LogP contribution in [0, 0.1) is 11.8 Å². The van der Waals surface area contributed by atoms with E-state index in [1.807, 2.05) is 18.2 Å². The number of pyridine rings is 1. The molecule has 196 valence electrons. The molecule has 0 saturated heterocycles. The van der Waals surface area contributed by atoms with E-state index < -0.39 is 6.09 Å². The molecule has 4 rings (SSSR count). The predicted molar refractivity (Wildman–Crippen MR) is 151 cm³/mol. The van der Waals surface area contributed by atoms with Crippen molar-refractivity contribution in [1.82, 2.24) is 20.3 Å². The Hall–Kier alpha value is -4.29. The molecule has 2 heterocycles. The Kier molecular flexibility index (Phi) is 9.76. The van der Waals surface area contributed by atoms with Gasteiger partial charge in [-0.3, -0.25) is 0 Å². The number of hydrogen-bond donors (Lipinski definition) is 4. The second-order valence-electron chi connectivity index (χ2n) is 8.64. The number of nitrogens with two attached hydrogens (primary N) is 1. The molecule has 3 aromatic rings. The summed E-state index contributed by atoms with van der Waals surface area (Å²) in [6, 6.07) is 10.9. The number of carbonyl (C=O) groups is 1. The van der Waals surface area contributed by atoms with Crippen LogP contribution in [-0.4, -0.2) is 33.7 Å². The zero-order valence-corrected chi connectivity index (χ0v) is 21.7. The molecule has 1 unspecified atom stereocenters. The Morgan fingerprint density at radius 2 is 2.00 bits per heavy atom. The van der Waals surface area contributed by atoms with Crippen LogP contribution in [0.5, 0.6) is 0 Å². The molecule has 0 fully saturated rings. The van der Waals surface area contributed by atoms with Gasteiger partial charge >= 0.3 is 6.09 Å². The Morgan fingerprint density at radius 1 is 1.13 bits per heavy atom. The third-order valence-corrected chi connectivity index (χ3v) is 5.98. The number of nitrogens with one attached hydrogen (secondary N) is 3. The minimum absolute atomic E-state index is 0.0292. The third-order valence-electron chi connectivity index (χ3n) is 5.70. The largest absolute Gasteiger partial charge is 0.446 e. The van der Waals surface area contributed by atoms with Crippen molar-refractivity contribution >= 4 is 46.5 Å². The van der Waals surface area contributed by atoms with Crippen molar-refractivity contribution in [3.8, 4) is 11.8 Å². The van der Waals surface area contributed by atoms with Gasteiger partial charge in [0.25, 0.3) is 0 Å². The maximum Gasteiger partial charge on any atom is 0.407 e. The van der Waals surface area contributed by atoms with Gasteiger partial charge in [0, 0.05) is 24.8 Å². The summed E-state index contributed by atoms with van der Waals surface area (Å²) < 4.78 is 5.54. The molecule has 1 amide bonds. The van der Waals surface area contributed by atoms with E-state index in [9.17, 15) is 4.79 Å². The summed E-state index contributed by atoms with van der Waals surface area (Å²) in [7, 11) is 0. The van der Waals surface area contributed by atoms with Gasteiger partial charge in [-0.25, -0.2) is 14.8 Å². The van der Waals surface area contributed by atoms with Crippen LogP contribution in [0.3, 0.4) is 0 Å². The normalized spacial score (nSPS) is 15.7. The molecule has 1 aliphatic rings. The highest BCUT2D eigenvalue weighted by atomic mass is 35.5. The highest BCUT2D eigenvalue weighted by Crippen LogP contribution is 2.27. The van der Waals surface area contributed by atoms with Crippen molar-refractivity contribution in [2.24, 2.45) is 0 Å². The Labute approximate surface area is 227 Å². The van der Waals surface area contributed by atoms with Crippen LogP contribution in [0.2, 0.25) is 5.02 Å². The van der Waals surface area contributed by atoms with E-state index in [0.717, 1.165) is 32.1 Å². The molecule has 0 bridgehead atoms. The molecule has 10 heteroatoms. The van der Waals surface area contributed by atoms with Gasteiger partial charge in [0.15, 0.2) is 5.82 Å². The van der Waals surface area contributed by atoms with Gasteiger partial charge in [0.2, 0.25) is 5.95 Å². The standard InChI is InChI=1S/C28H30ClN7O2/c29-23-19-33-27(36-26(23)35-25-14-7-6-13-24(25)30)34-21-15-17-31-20(18-21)10-8-9-16-32-28(37)38-22-11-4-2-1-3-5-12-22/h1-2,6-7,13-15,17-19,22H,3-5,9,11-12,16,30H2,(H,32,37)(H2,31,33,34,35,36)/b2-1-. The Balaban J connectivity index is 1.28. The first-order valence-corrected chi connectivity index (χ1v) is 12.9. The summed E-state index contributed by atoms with van der Waals surface area (Å²) in [5.74, 6) is 6.81. The lowest BCUT2D eigenvalue weighted by molar-refractivity contribution is 0.0866. The first kappa shape index (κ1) is 26.8. The molecule has 5 N–H and O–H groups in total. The van der Waals surface area contributed by atoms with Crippen molar-refractivity contribution in [3.63, 3.8) is 0 Å². The van der Waals surface area contributed by atoms with Crippen LogP contribution in [0.25, 0.3) is 0 Å². The van der Waals surface area contributed by atoms with E-state index in [1.165, 1.54) is 6.20 Å². The van der Waals surface area contributed by atoms with Gasteiger partial charge in [-0.15, -0.1) is 0 Å². The fraction of sp³-hybridized carbons (Fsp3) is 0.286. The number of anilines is 5. The fourth-order valence-corrected chi connectivity index (χ4v) is 3.91. The van der Waals surface area contributed by atoms with Crippen LogP contribution in [0.1, 0.15) is 44.2 Å². The molecule has 1 aliphatic carbocycles. The van der Waals surface area contributed by atoms with E-state index in [1.54, 1.807) is 24.4 Å². The van der Waals surface area contributed by atoms with Gasteiger partial charge < -0.3 is 26.4 Å². The van der Waals surface area contributed by atoms with Crippen molar-refractivity contribution in [2.45, 2.75) is 44.6 Å². The van der Waals surface area contributed by atoms with E-state index in [2.05, 4.69) is 54.9 Å². The number of aromatic nitrogens is 3. The zero-order chi connectivity index (χ0) is 26.6. The molecular formula is C28H30ClN7O2. The van der Waals surface area contributed by atoms with E-state index in [-0.39, 0.29) is 6.10 Å². The molecule has 1 aromatic carbocycles. The quantitative estimate of drug-likeness (QED) is 0.127. The van der Waals surface area contributed by atoms with Crippen molar-refractivity contribution in [2.75, 3.05) is 22.9 Å². The molecule has 38 heavy (non-hydrogen) atoms. The molecule has 2 aromatic heterocycles. The summed E-state index contributed by atoms with van der Waals surface area (Å²) in [6.45, 7) is 0.400. The summed E-state index contributed by atoms with van der Waals surface area (Å²) in [5, 5.41) is 9.40. The number of ether oxygens (including phenoxy) is 1. The number of amides is 1. The highest BCUT2D eigenvalue weighted by Gasteiger charge is 2.14. The van der Waals surface area contributed by atoms with Crippen molar-refractivity contribution < 1.29 is 9.53 Å². The van der Waals surface area contributed by atoms with Crippen molar-refractivity contribution in [3.05, 3.63) is 71.7 Å². The summed E-state index contributed by atoms with van der Waals surface area (Å²) >= 11 is 6.27. The molecule has 0 spiro atoms. The lowest BCUT2D eigenvalue weighted by atomic mass is 10.0. The average Bonchev–Trinajstić information content (AvgIpc) is 2.89. The first-order valence-electron chi connectivity index (χ1n) is 12.5. The number of nitrogen functional groups attached to an aromatic ring is 1. The zero-order valence-electron chi connectivity index (χ0n) is 20.9. The average molecular weight is 532 g/mol. The molecule has 1 atom stereocenters. The van der Waals surface area contributed by atoms with Crippen LogP contribution < -0.4 is 21.7 Å². The number of benzene rings is 1. The number of nitrogens with zero attached hydrogens (tertiary/aromatic N) is 3. The van der Waals surface area contributed by atoms with Crippen LogP contribution in [-0.2, 0) is 4.74 Å². The number of rotatable bonds is 7. The van der Waals surface area contributed by atoms with Gasteiger partial charge in [0.1, 0.15) is 16.8 Å². The minimum atomic E-state index is -0.391. The van der Waals surface area contributed by atoms with Gasteiger partial charge in [0.05, 0.1) is 17.6 Å². The third kappa shape index (κ3) is 8.39. The molecule has 0 aliphatic heterocycles.